The van der Waals surface area contributed by atoms with Crippen LogP contribution in [0, 0.1) is 0 Å². The Kier molecular flexibility index (Phi) is 4.51. The van der Waals surface area contributed by atoms with Crippen molar-refractivity contribution in [3.63, 3.8) is 0 Å². The highest BCUT2D eigenvalue weighted by molar-refractivity contribution is 5.95. The van der Waals surface area contributed by atoms with Crippen LogP contribution in [0.25, 0.3) is 16.9 Å². The van der Waals surface area contributed by atoms with Crippen molar-refractivity contribution >= 4 is 17.5 Å². The van der Waals surface area contributed by atoms with Gasteiger partial charge in [0.25, 0.3) is 11.8 Å². The van der Waals surface area contributed by atoms with Gasteiger partial charge in [0.2, 0.25) is 0 Å². The average molecular weight is 405 g/mol. The topological polar surface area (TPSA) is 91.0 Å². The molecule has 2 aliphatic rings. The number of benzene rings is 1. The minimum atomic E-state index is -1.17. The summed E-state index contributed by atoms with van der Waals surface area (Å²) in [6.07, 6.45) is 5.47. The third-order valence-electron chi connectivity index (χ3n) is 6.12. The summed E-state index contributed by atoms with van der Waals surface area (Å²) in [6.45, 7) is 1.86. The second kappa shape index (κ2) is 7.21. The molecule has 1 N–H and O–H groups in total. The first-order chi connectivity index (χ1) is 14.5. The Hall–Kier alpha value is -3.26. The molecule has 5 rings (SSSR count). The van der Waals surface area contributed by atoms with E-state index in [1.54, 1.807) is 26.7 Å². The Balaban J connectivity index is 1.24. The van der Waals surface area contributed by atoms with Gasteiger partial charge >= 0.3 is 0 Å². The maximum Gasteiger partial charge on any atom is 0.254 e. The molecule has 0 atom stereocenters. The quantitative estimate of drug-likeness (QED) is 0.715. The second-order valence-corrected chi connectivity index (χ2v) is 8.00. The van der Waals surface area contributed by atoms with Crippen LogP contribution >= 0.6 is 0 Å². The third kappa shape index (κ3) is 3.23. The molecule has 3 aromatic rings. The lowest BCUT2D eigenvalue weighted by molar-refractivity contribution is -0.161. The van der Waals surface area contributed by atoms with Gasteiger partial charge in [-0.25, -0.2) is 9.50 Å². The fourth-order valence-corrected chi connectivity index (χ4v) is 4.07. The number of nitrogens with zero attached hydrogens (tertiary/aromatic N) is 5. The summed E-state index contributed by atoms with van der Waals surface area (Å²) in [5.41, 5.74) is 1.95. The molecule has 0 spiro atoms. The molecule has 1 saturated carbocycles. The van der Waals surface area contributed by atoms with Gasteiger partial charge in [-0.05, 0) is 43.5 Å². The van der Waals surface area contributed by atoms with Gasteiger partial charge in [-0.3, -0.25) is 9.59 Å². The molecule has 2 aromatic heterocycles. The van der Waals surface area contributed by atoms with Crippen molar-refractivity contribution in [2.45, 2.75) is 24.9 Å². The fraction of sp³-hybridized carbons (Fsp3) is 0.364. The van der Waals surface area contributed by atoms with Crippen LogP contribution < -0.4 is 0 Å². The molecule has 154 valence electrons. The van der Waals surface area contributed by atoms with Crippen molar-refractivity contribution in [1.82, 2.24) is 24.4 Å². The summed E-state index contributed by atoms with van der Waals surface area (Å²) < 4.78 is 1.72. The molecular formula is C22H23N5O3. The number of carbonyl (C=O) groups excluding carboxylic acids is 2. The molecule has 0 bridgehead atoms. The minimum absolute atomic E-state index is 0.0472. The fourth-order valence-electron chi connectivity index (χ4n) is 4.07. The Morgan fingerprint density at radius 1 is 0.933 bits per heavy atom. The van der Waals surface area contributed by atoms with Crippen LogP contribution in [0.2, 0.25) is 0 Å². The number of carbonyl (C=O) groups is 2. The van der Waals surface area contributed by atoms with Crippen molar-refractivity contribution in [2.75, 3.05) is 26.2 Å². The number of imidazole rings is 1. The van der Waals surface area contributed by atoms with E-state index < -0.39 is 5.60 Å². The van der Waals surface area contributed by atoms with Gasteiger partial charge in [0.05, 0.1) is 5.69 Å². The minimum Gasteiger partial charge on any atom is -0.380 e. The molecule has 8 nitrogen and oxygen atoms in total. The highest BCUT2D eigenvalue weighted by Crippen LogP contribution is 2.33. The molecular weight excluding hydrogens is 382 g/mol. The van der Waals surface area contributed by atoms with E-state index in [-0.39, 0.29) is 11.8 Å². The molecule has 1 aliphatic carbocycles. The monoisotopic (exact) mass is 405 g/mol. The van der Waals surface area contributed by atoms with Crippen molar-refractivity contribution in [1.29, 1.82) is 0 Å². The van der Waals surface area contributed by atoms with E-state index >= 15 is 0 Å². The highest BCUT2D eigenvalue weighted by Gasteiger charge is 2.45. The van der Waals surface area contributed by atoms with E-state index in [2.05, 4.69) is 10.1 Å². The van der Waals surface area contributed by atoms with Crippen LogP contribution in [-0.2, 0) is 4.79 Å². The Morgan fingerprint density at radius 2 is 1.63 bits per heavy atom. The zero-order valence-corrected chi connectivity index (χ0v) is 16.6. The van der Waals surface area contributed by atoms with Crippen molar-refractivity contribution in [3.05, 3.63) is 54.4 Å². The number of hydrogen-bond acceptors (Lipinski definition) is 5. The van der Waals surface area contributed by atoms with Gasteiger partial charge in [0.15, 0.2) is 5.65 Å². The number of piperazine rings is 1. The Bertz CT molecular complexity index is 1100. The van der Waals surface area contributed by atoms with Crippen molar-refractivity contribution in [3.8, 4) is 11.3 Å². The van der Waals surface area contributed by atoms with Crippen molar-refractivity contribution in [2.24, 2.45) is 0 Å². The van der Waals surface area contributed by atoms with E-state index in [0.29, 0.717) is 44.6 Å². The normalized spacial score (nSPS) is 18.3. The van der Waals surface area contributed by atoms with Crippen LogP contribution in [0.15, 0.2) is 48.8 Å². The van der Waals surface area contributed by atoms with Gasteiger partial charge in [0.1, 0.15) is 5.60 Å². The molecule has 30 heavy (non-hydrogen) atoms. The lowest BCUT2D eigenvalue weighted by Crippen LogP contribution is -2.58. The van der Waals surface area contributed by atoms with E-state index in [4.69, 9.17) is 0 Å². The van der Waals surface area contributed by atoms with E-state index in [9.17, 15) is 14.7 Å². The van der Waals surface area contributed by atoms with Crippen LogP contribution in [0.5, 0.6) is 0 Å². The van der Waals surface area contributed by atoms with E-state index in [1.807, 2.05) is 36.4 Å². The van der Waals surface area contributed by atoms with Crippen LogP contribution in [0.3, 0.4) is 0 Å². The Morgan fingerprint density at radius 3 is 2.30 bits per heavy atom. The number of fused-ring (bicyclic) bond motifs is 1. The van der Waals surface area contributed by atoms with Gasteiger partial charge in [0, 0.05) is 49.7 Å². The number of amides is 2. The summed E-state index contributed by atoms with van der Waals surface area (Å²) in [5.74, 6) is -0.235. The first-order valence-electron chi connectivity index (χ1n) is 10.3. The molecule has 3 heterocycles. The molecule has 0 unspecified atom stereocenters. The first kappa shape index (κ1) is 18.7. The number of rotatable bonds is 3. The smallest absolute Gasteiger partial charge is 0.254 e. The number of aromatic nitrogens is 3. The van der Waals surface area contributed by atoms with Crippen LogP contribution in [0.1, 0.15) is 29.6 Å². The highest BCUT2D eigenvalue weighted by atomic mass is 16.3. The lowest BCUT2D eigenvalue weighted by atomic mass is 9.79. The maximum atomic E-state index is 12.9. The summed E-state index contributed by atoms with van der Waals surface area (Å²) in [5, 5.41) is 14.8. The maximum absolute atomic E-state index is 12.9. The van der Waals surface area contributed by atoms with Gasteiger partial charge < -0.3 is 14.9 Å². The summed E-state index contributed by atoms with van der Waals surface area (Å²) in [4.78, 5) is 33.0. The lowest BCUT2D eigenvalue weighted by Gasteiger charge is -2.42. The molecule has 2 amide bonds. The van der Waals surface area contributed by atoms with E-state index in [1.165, 1.54) is 0 Å². The standard InChI is InChI=1S/C22H23N5O3/c28-20(25-12-14-26(15-13-25)21(29)22(30)8-1-9-22)17-4-2-16(3-5-17)18-6-7-19-23-10-11-27(19)24-18/h2-7,10-11,30H,1,8-9,12-15H2. The average Bonchev–Trinajstić information content (AvgIpc) is 3.24. The van der Waals surface area contributed by atoms with Crippen LogP contribution in [0.4, 0.5) is 0 Å². The largest absolute Gasteiger partial charge is 0.380 e. The summed E-state index contributed by atoms with van der Waals surface area (Å²) in [6, 6.07) is 11.2. The third-order valence-corrected chi connectivity index (χ3v) is 6.12. The second-order valence-electron chi connectivity index (χ2n) is 8.00. The zero-order chi connectivity index (χ0) is 20.7. The number of hydrogen-bond donors (Lipinski definition) is 1. The SMILES string of the molecule is O=C(c1ccc(-c2ccc3nccn3n2)cc1)N1CCN(C(=O)C2(O)CCC2)CC1. The summed E-state index contributed by atoms with van der Waals surface area (Å²) >= 11 is 0. The predicted molar refractivity (Wildman–Crippen MR) is 110 cm³/mol. The Labute approximate surface area is 173 Å². The van der Waals surface area contributed by atoms with E-state index in [0.717, 1.165) is 23.3 Å². The molecule has 2 fully saturated rings. The van der Waals surface area contributed by atoms with Gasteiger partial charge in [-0.15, -0.1) is 0 Å². The van der Waals surface area contributed by atoms with Crippen molar-refractivity contribution < 1.29 is 14.7 Å². The van der Waals surface area contributed by atoms with Crippen LogP contribution in [-0.4, -0.2) is 73.1 Å². The first-order valence-corrected chi connectivity index (χ1v) is 10.3. The predicted octanol–water partition coefficient (Wildman–Crippen LogP) is 1.60. The zero-order valence-electron chi connectivity index (χ0n) is 16.6. The number of aliphatic hydroxyl groups is 1. The molecule has 0 radical (unpaired) electrons. The molecule has 8 heteroatoms. The summed E-state index contributed by atoms with van der Waals surface area (Å²) in [7, 11) is 0. The molecule has 1 aliphatic heterocycles. The van der Waals surface area contributed by atoms with Gasteiger partial charge in [-0.1, -0.05) is 12.1 Å². The molecule has 1 aromatic carbocycles. The van der Waals surface area contributed by atoms with Gasteiger partial charge in [-0.2, -0.15) is 5.10 Å². The molecule has 1 saturated heterocycles.